The molecule has 32 heavy (non-hydrogen) atoms. The molecule has 0 radical (unpaired) electrons. The van der Waals surface area contributed by atoms with Crippen molar-refractivity contribution in [2.45, 2.75) is 38.1 Å². The van der Waals surface area contributed by atoms with Crippen LogP contribution in [0.2, 0.25) is 0 Å². The third-order valence-electron chi connectivity index (χ3n) is 5.68. The largest absolute Gasteiger partial charge is 0.416 e. The summed E-state index contributed by atoms with van der Waals surface area (Å²) in [7, 11) is 0. The first kappa shape index (κ1) is 21.7. The van der Waals surface area contributed by atoms with Crippen molar-refractivity contribution in [2.24, 2.45) is 4.99 Å². The summed E-state index contributed by atoms with van der Waals surface area (Å²) in [6.45, 7) is 4.13. The maximum atomic E-state index is 14.1. The fourth-order valence-corrected chi connectivity index (χ4v) is 4.03. The van der Waals surface area contributed by atoms with Crippen LogP contribution in [0.15, 0.2) is 70.7 Å². The Morgan fingerprint density at radius 2 is 1.81 bits per heavy atom. The lowest BCUT2D eigenvalue weighted by molar-refractivity contribution is -0.137. The highest BCUT2D eigenvalue weighted by Crippen LogP contribution is 2.42. The van der Waals surface area contributed by atoms with E-state index in [9.17, 15) is 22.4 Å². The molecule has 3 aromatic rings. The van der Waals surface area contributed by atoms with Gasteiger partial charge in [0.1, 0.15) is 11.4 Å². The zero-order valence-corrected chi connectivity index (χ0v) is 17.3. The Morgan fingerprint density at radius 3 is 2.44 bits per heavy atom. The van der Waals surface area contributed by atoms with E-state index in [1.807, 2.05) is 13.8 Å². The van der Waals surface area contributed by atoms with Gasteiger partial charge in [-0.15, -0.1) is 0 Å². The zero-order chi connectivity index (χ0) is 23.1. The van der Waals surface area contributed by atoms with Crippen LogP contribution in [-0.4, -0.2) is 21.4 Å². The summed E-state index contributed by atoms with van der Waals surface area (Å²) in [5.41, 5.74) is -0.584. The lowest BCUT2D eigenvalue weighted by Crippen LogP contribution is -2.41. The molecule has 0 amide bonds. The molecule has 1 aromatic carbocycles. The Kier molecular flexibility index (Phi) is 5.36. The van der Waals surface area contributed by atoms with Crippen LogP contribution in [0.5, 0.6) is 0 Å². The van der Waals surface area contributed by atoms with E-state index in [2.05, 4.69) is 10.3 Å². The first-order chi connectivity index (χ1) is 15.1. The Labute approximate surface area is 181 Å². The van der Waals surface area contributed by atoms with Crippen LogP contribution in [-0.2, 0) is 18.3 Å². The predicted molar refractivity (Wildman–Crippen MR) is 112 cm³/mol. The summed E-state index contributed by atoms with van der Waals surface area (Å²) in [4.78, 5) is 20.4. The Hall–Kier alpha value is -3.49. The van der Waals surface area contributed by atoms with Gasteiger partial charge in [0.25, 0.3) is 5.56 Å². The number of nitrogens with zero attached hydrogens (tertiary/aromatic N) is 3. The number of nitrogens with one attached hydrogen (secondary N) is 1. The van der Waals surface area contributed by atoms with Crippen LogP contribution in [0.3, 0.4) is 0 Å². The van der Waals surface area contributed by atoms with Crippen LogP contribution in [0.25, 0.3) is 0 Å². The van der Waals surface area contributed by atoms with Gasteiger partial charge in [0.15, 0.2) is 0 Å². The summed E-state index contributed by atoms with van der Waals surface area (Å²) < 4.78 is 54.9. The molecular weight excluding hydrogens is 424 g/mol. The number of alkyl halides is 3. The molecule has 3 heterocycles. The highest BCUT2D eigenvalue weighted by Gasteiger charge is 2.45. The van der Waals surface area contributed by atoms with Crippen molar-refractivity contribution in [3.05, 3.63) is 99.5 Å². The van der Waals surface area contributed by atoms with E-state index in [-0.39, 0.29) is 5.56 Å². The third-order valence-corrected chi connectivity index (χ3v) is 5.68. The number of halogens is 4. The number of aliphatic imine (C=N–C) groups is 1. The van der Waals surface area contributed by atoms with Crippen molar-refractivity contribution < 1.29 is 17.6 Å². The molecule has 166 valence electrons. The second kappa shape index (κ2) is 7.89. The molecule has 0 fully saturated rings. The van der Waals surface area contributed by atoms with Crippen molar-refractivity contribution >= 4 is 5.84 Å². The molecule has 2 atom stereocenters. The highest BCUT2D eigenvalue weighted by atomic mass is 19.4. The topological polar surface area (TPSA) is 59.3 Å². The lowest BCUT2D eigenvalue weighted by atomic mass is 9.79. The number of amidine groups is 1. The number of benzene rings is 1. The molecule has 1 N–H and O–H groups in total. The number of aromatic nitrogens is 2. The molecule has 0 saturated carbocycles. The van der Waals surface area contributed by atoms with Crippen molar-refractivity contribution in [1.29, 1.82) is 0 Å². The molecule has 9 heteroatoms. The van der Waals surface area contributed by atoms with Gasteiger partial charge in [0, 0.05) is 30.6 Å². The molecule has 0 saturated heterocycles. The van der Waals surface area contributed by atoms with Gasteiger partial charge in [-0.25, -0.2) is 9.98 Å². The van der Waals surface area contributed by atoms with Crippen molar-refractivity contribution in [3.63, 3.8) is 0 Å². The van der Waals surface area contributed by atoms with Crippen molar-refractivity contribution in [3.8, 4) is 0 Å². The van der Waals surface area contributed by atoms with E-state index in [4.69, 9.17) is 4.99 Å². The Balaban J connectivity index is 1.91. The molecular formula is C23H20F4N4O. The summed E-state index contributed by atoms with van der Waals surface area (Å²) in [5.74, 6) is -0.263. The Bertz CT molecular complexity index is 1230. The van der Waals surface area contributed by atoms with Crippen LogP contribution in [0.1, 0.15) is 36.1 Å². The van der Waals surface area contributed by atoms with Gasteiger partial charge in [0.05, 0.1) is 11.6 Å². The second-order valence-corrected chi connectivity index (χ2v) is 7.58. The minimum absolute atomic E-state index is 0.159. The molecule has 0 spiro atoms. The van der Waals surface area contributed by atoms with Crippen LogP contribution < -0.4 is 10.9 Å². The molecule has 0 bridgehead atoms. The standard InChI is InChI=1S/C23H20F4N4O/c1-3-31-13-15(4-9-20(31)32)21-29-14(2)22(30-21,18-10-11-28-19(24)12-18)16-5-7-17(8-6-16)23(25,26)27/h4-14H,3H2,1-2H3,(H,29,30)/t14-,22?/m0/s1. The third kappa shape index (κ3) is 3.68. The van der Waals surface area contributed by atoms with Crippen molar-refractivity contribution in [1.82, 2.24) is 14.9 Å². The fourth-order valence-electron chi connectivity index (χ4n) is 4.03. The van der Waals surface area contributed by atoms with Crippen molar-refractivity contribution in [2.75, 3.05) is 0 Å². The van der Waals surface area contributed by atoms with E-state index in [0.29, 0.717) is 29.1 Å². The minimum atomic E-state index is -4.48. The molecule has 1 unspecified atom stereocenters. The monoisotopic (exact) mass is 444 g/mol. The first-order valence-corrected chi connectivity index (χ1v) is 10.0. The van der Waals surface area contributed by atoms with Gasteiger partial charge in [0.2, 0.25) is 5.95 Å². The minimum Gasteiger partial charge on any atom is -0.364 e. The second-order valence-electron chi connectivity index (χ2n) is 7.58. The summed E-state index contributed by atoms with van der Waals surface area (Å²) >= 11 is 0. The predicted octanol–water partition coefficient (Wildman–Crippen LogP) is 4.10. The molecule has 1 aliphatic heterocycles. The number of hydrogen-bond acceptors (Lipinski definition) is 4. The highest BCUT2D eigenvalue weighted by molar-refractivity contribution is 6.00. The average molecular weight is 444 g/mol. The van der Waals surface area contributed by atoms with E-state index in [1.54, 1.807) is 18.3 Å². The fraction of sp³-hybridized carbons (Fsp3) is 0.261. The van der Waals surface area contributed by atoms with E-state index in [0.717, 1.165) is 12.1 Å². The zero-order valence-electron chi connectivity index (χ0n) is 17.3. The normalized spacial score (nSPS) is 20.7. The SMILES string of the molecule is CCn1cc(C2=NC(c3ccc(C(F)(F)F)cc3)(c3ccnc(F)c3)[C@H](C)N2)ccc1=O. The quantitative estimate of drug-likeness (QED) is 0.487. The first-order valence-electron chi connectivity index (χ1n) is 10.0. The number of pyridine rings is 2. The number of aryl methyl sites for hydroxylation is 1. The Morgan fingerprint density at radius 1 is 1.09 bits per heavy atom. The number of rotatable bonds is 4. The maximum absolute atomic E-state index is 14.1. The molecule has 1 aliphatic rings. The van der Waals surface area contributed by atoms with E-state index >= 15 is 0 Å². The van der Waals surface area contributed by atoms with E-state index < -0.39 is 29.3 Å². The number of hydrogen-bond donors (Lipinski definition) is 1. The van der Waals surface area contributed by atoms with Crippen LogP contribution in [0.4, 0.5) is 17.6 Å². The summed E-state index contributed by atoms with van der Waals surface area (Å²) in [6.07, 6.45) is -1.51. The summed E-state index contributed by atoms with van der Waals surface area (Å²) in [6, 6.07) is 10.2. The van der Waals surface area contributed by atoms with Gasteiger partial charge in [-0.2, -0.15) is 17.6 Å². The smallest absolute Gasteiger partial charge is 0.364 e. The maximum Gasteiger partial charge on any atom is 0.416 e. The molecule has 5 nitrogen and oxygen atoms in total. The van der Waals surface area contributed by atoms with Gasteiger partial charge >= 0.3 is 6.18 Å². The molecule has 4 rings (SSSR count). The summed E-state index contributed by atoms with van der Waals surface area (Å²) in [5, 5.41) is 3.26. The van der Waals surface area contributed by atoms with Crippen LogP contribution in [0, 0.1) is 5.95 Å². The molecule has 2 aromatic heterocycles. The van der Waals surface area contributed by atoms with Gasteiger partial charge in [-0.3, -0.25) is 4.79 Å². The average Bonchev–Trinajstić information content (AvgIpc) is 3.11. The van der Waals surface area contributed by atoms with Gasteiger partial charge in [-0.1, -0.05) is 12.1 Å². The van der Waals surface area contributed by atoms with Gasteiger partial charge in [-0.05, 0) is 55.3 Å². The molecule has 0 aliphatic carbocycles. The lowest BCUT2D eigenvalue weighted by Gasteiger charge is -2.32. The van der Waals surface area contributed by atoms with E-state index in [1.165, 1.54) is 35.0 Å². The van der Waals surface area contributed by atoms with Gasteiger partial charge < -0.3 is 9.88 Å². The van der Waals surface area contributed by atoms with Crippen LogP contribution >= 0.6 is 0 Å².